The van der Waals surface area contributed by atoms with E-state index in [-0.39, 0.29) is 6.10 Å². The van der Waals surface area contributed by atoms with Gasteiger partial charge in [-0.15, -0.1) is 0 Å². The van der Waals surface area contributed by atoms with Crippen LogP contribution in [0.4, 0.5) is 0 Å². The van der Waals surface area contributed by atoms with Crippen molar-refractivity contribution in [3.8, 4) is 0 Å². The fraction of sp³-hybridized carbons (Fsp3) is 1.00. The van der Waals surface area contributed by atoms with Crippen LogP contribution in [0, 0.1) is 0 Å². The van der Waals surface area contributed by atoms with E-state index in [2.05, 4.69) is 13.8 Å². The van der Waals surface area contributed by atoms with Crippen molar-refractivity contribution in [3.63, 3.8) is 0 Å². The van der Waals surface area contributed by atoms with E-state index in [4.69, 9.17) is 0 Å². The predicted octanol–water partition coefficient (Wildman–Crippen LogP) is 5.51. The smallest absolute Gasteiger partial charge is 0.0930 e. The molecular formula is C15H31O. The molecule has 1 atom stereocenters. The molecule has 1 heteroatoms. The SMILES string of the molecule is CCCCCCCCC([O])CCCCCC. The second-order valence-electron chi connectivity index (χ2n) is 5.03. The summed E-state index contributed by atoms with van der Waals surface area (Å²) >= 11 is 0. The van der Waals surface area contributed by atoms with Crippen LogP contribution in [0.2, 0.25) is 0 Å². The van der Waals surface area contributed by atoms with Gasteiger partial charge < -0.3 is 0 Å². The third kappa shape index (κ3) is 12.0. The van der Waals surface area contributed by atoms with Gasteiger partial charge in [0.1, 0.15) is 0 Å². The molecular weight excluding hydrogens is 196 g/mol. The summed E-state index contributed by atoms with van der Waals surface area (Å²) in [6.07, 6.45) is 14.3. The van der Waals surface area contributed by atoms with E-state index in [1.54, 1.807) is 0 Å². The Bertz CT molecular complexity index is 123. The number of unbranched alkanes of at least 4 members (excludes halogenated alkanes) is 8. The highest BCUT2D eigenvalue weighted by Gasteiger charge is 2.05. The first-order valence-corrected chi connectivity index (χ1v) is 7.47. The molecule has 0 N–H and O–H groups in total. The average Bonchev–Trinajstić information content (AvgIpc) is 2.29. The van der Waals surface area contributed by atoms with Gasteiger partial charge in [0.25, 0.3) is 0 Å². The van der Waals surface area contributed by atoms with Gasteiger partial charge in [-0.25, -0.2) is 5.11 Å². The van der Waals surface area contributed by atoms with Gasteiger partial charge in [-0.2, -0.15) is 0 Å². The minimum Gasteiger partial charge on any atom is -0.233 e. The van der Waals surface area contributed by atoms with E-state index in [9.17, 15) is 5.11 Å². The third-order valence-electron chi connectivity index (χ3n) is 3.26. The van der Waals surface area contributed by atoms with Gasteiger partial charge in [0.15, 0.2) is 0 Å². The van der Waals surface area contributed by atoms with Crippen LogP contribution in [0.3, 0.4) is 0 Å². The lowest BCUT2D eigenvalue weighted by molar-refractivity contribution is 0.0689. The molecule has 1 unspecified atom stereocenters. The molecule has 0 bridgehead atoms. The summed E-state index contributed by atoms with van der Waals surface area (Å²) < 4.78 is 0. The molecule has 0 fully saturated rings. The molecule has 0 spiro atoms. The van der Waals surface area contributed by atoms with Crippen molar-refractivity contribution in [1.29, 1.82) is 0 Å². The Morgan fingerprint density at radius 3 is 1.50 bits per heavy atom. The summed E-state index contributed by atoms with van der Waals surface area (Å²) in [7, 11) is 0. The molecule has 0 aromatic carbocycles. The molecule has 0 aliphatic heterocycles. The molecule has 0 heterocycles. The van der Waals surface area contributed by atoms with Crippen molar-refractivity contribution in [2.45, 2.75) is 97.0 Å². The zero-order valence-corrected chi connectivity index (χ0v) is 11.5. The first kappa shape index (κ1) is 16.0. The summed E-state index contributed by atoms with van der Waals surface area (Å²) in [4.78, 5) is 0. The van der Waals surface area contributed by atoms with E-state index >= 15 is 0 Å². The zero-order chi connectivity index (χ0) is 12.1. The molecule has 0 rings (SSSR count). The maximum Gasteiger partial charge on any atom is 0.0930 e. The fourth-order valence-corrected chi connectivity index (χ4v) is 2.10. The second-order valence-corrected chi connectivity index (χ2v) is 5.03. The minimum absolute atomic E-state index is 0.275. The first-order valence-electron chi connectivity index (χ1n) is 7.47. The van der Waals surface area contributed by atoms with Crippen molar-refractivity contribution in [1.82, 2.24) is 0 Å². The van der Waals surface area contributed by atoms with E-state index in [1.807, 2.05) is 0 Å². The van der Waals surface area contributed by atoms with E-state index in [0.717, 1.165) is 25.7 Å². The Kier molecular flexibility index (Phi) is 13.0. The van der Waals surface area contributed by atoms with Crippen LogP contribution in [0.1, 0.15) is 90.9 Å². The Hall–Kier alpha value is -0.0400. The monoisotopic (exact) mass is 227 g/mol. The minimum atomic E-state index is -0.275. The van der Waals surface area contributed by atoms with Gasteiger partial charge in [-0.3, -0.25) is 0 Å². The summed E-state index contributed by atoms with van der Waals surface area (Å²) in [6, 6.07) is 0. The number of hydrogen-bond donors (Lipinski definition) is 0. The van der Waals surface area contributed by atoms with Crippen LogP contribution in [-0.2, 0) is 5.11 Å². The highest BCUT2D eigenvalue weighted by Crippen LogP contribution is 2.13. The molecule has 16 heavy (non-hydrogen) atoms. The highest BCUT2D eigenvalue weighted by molar-refractivity contribution is 4.56. The lowest BCUT2D eigenvalue weighted by Crippen LogP contribution is -2.04. The van der Waals surface area contributed by atoms with Gasteiger partial charge in [0, 0.05) is 0 Å². The maximum absolute atomic E-state index is 11.6. The fourth-order valence-electron chi connectivity index (χ4n) is 2.10. The Balaban J connectivity index is 3.08. The molecule has 1 nitrogen and oxygen atoms in total. The molecule has 0 amide bonds. The number of rotatable bonds is 12. The largest absolute Gasteiger partial charge is 0.233 e. The molecule has 0 aromatic heterocycles. The molecule has 97 valence electrons. The highest BCUT2D eigenvalue weighted by atomic mass is 16.3. The number of hydrogen-bond acceptors (Lipinski definition) is 0. The van der Waals surface area contributed by atoms with Gasteiger partial charge in [-0.1, -0.05) is 78.1 Å². The summed E-state index contributed by atoms with van der Waals surface area (Å²) in [5.74, 6) is 0. The van der Waals surface area contributed by atoms with E-state index < -0.39 is 0 Å². The molecule has 0 aromatic rings. The molecule has 0 aliphatic carbocycles. The van der Waals surface area contributed by atoms with E-state index in [0.29, 0.717) is 0 Å². The van der Waals surface area contributed by atoms with E-state index in [1.165, 1.54) is 51.4 Å². The first-order chi connectivity index (χ1) is 7.81. The second kappa shape index (κ2) is 13.0. The summed E-state index contributed by atoms with van der Waals surface area (Å²) in [5.41, 5.74) is 0. The van der Waals surface area contributed by atoms with Crippen LogP contribution in [-0.4, -0.2) is 6.10 Å². The van der Waals surface area contributed by atoms with Crippen molar-refractivity contribution < 1.29 is 5.11 Å². The Morgan fingerprint density at radius 2 is 1.00 bits per heavy atom. The van der Waals surface area contributed by atoms with Crippen LogP contribution in [0.25, 0.3) is 0 Å². The molecule has 0 saturated carbocycles. The van der Waals surface area contributed by atoms with Crippen molar-refractivity contribution in [2.75, 3.05) is 0 Å². The molecule has 0 saturated heterocycles. The normalized spacial score (nSPS) is 12.9. The lowest BCUT2D eigenvalue weighted by Gasteiger charge is -2.07. The molecule has 0 aliphatic rings. The standard InChI is InChI=1S/C15H31O/c1-3-5-7-9-10-12-14-15(16)13-11-8-6-4-2/h15H,3-14H2,1-2H3. The Labute approximate surface area is 103 Å². The topological polar surface area (TPSA) is 19.9 Å². The Morgan fingerprint density at radius 1 is 0.625 bits per heavy atom. The quantitative estimate of drug-likeness (QED) is 0.392. The van der Waals surface area contributed by atoms with Crippen LogP contribution in [0.15, 0.2) is 0 Å². The van der Waals surface area contributed by atoms with Gasteiger partial charge in [-0.05, 0) is 12.8 Å². The van der Waals surface area contributed by atoms with Crippen molar-refractivity contribution in [3.05, 3.63) is 0 Å². The van der Waals surface area contributed by atoms with Gasteiger partial charge in [0.2, 0.25) is 0 Å². The van der Waals surface area contributed by atoms with Gasteiger partial charge >= 0.3 is 0 Å². The van der Waals surface area contributed by atoms with Gasteiger partial charge in [0.05, 0.1) is 6.10 Å². The zero-order valence-electron chi connectivity index (χ0n) is 11.5. The van der Waals surface area contributed by atoms with Crippen LogP contribution >= 0.6 is 0 Å². The van der Waals surface area contributed by atoms with Crippen molar-refractivity contribution >= 4 is 0 Å². The summed E-state index contributed by atoms with van der Waals surface area (Å²) in [5, 5.41) is 11.6. The van der Waals surface area contributed by atoms with Crippen LogP contribution in [0.5, 0.6) is 0 Å². The summed E-state index contributed by atoms with van der Waals surface area (Å²) in [6.45, 7) is 4.45. The van der Waals surface area contributed by atoms with Crippen molar-refractivity contribution in [2.24, 2.45) is 0 Å². The third-order valence-corrected chi connectivity index (χ3v) is 3.26. The average molecular weight is 227 g/mol. The van der Waals surface area contributed by atoms with Crippen LogP contribution < -0.4 is 0 Å². The maximum atomic E-state index is 11.6. The lowest BCUT2D eigenvalue weighted by atomic mass is 10.0. The predicted molar refractivity (Wildman–Crippen MR) is 71.2 cm³/mol. The molecule has 1 radical (unpaired) electrons.